The SMILES string of the molecule is Cc1c(-c2nc3c(OC(N)=O)cccc3[nH]2)cnn1-c1ccc(Cl)cc1. The molecule has 0 atom stereocenters. The van der Waals surface area contributed by atoms with Gasteiger partial charge in [0.2, 0.25) is 0 Å². The first-order chi connectivity index (χ1) is 12.5. The van der Waals surface area contributed by atoms with Crippen molar-refractivity contribution >= 4 is 28.7 Å². The van der Waals surface area contributed by atoms with E-state index in [2.05, 4.69) is 15.1 Å². The summed E-state index contributed by atoms with van der Waals surface area (Å²) < 4.78 is 6.82. The van der Waals surface area contributed by atoms with Gasteiger partial charge in [-0.3, -0.25) is 0 Å². The lowest BCUT2D eigenvalue weighted by atomic mass is 10.2. The van der Waals surface area contributed by atoms with Crippen LogP contribution in [-0.2, 0) is 0 Å². The van der Waals surface area contributed by atoms with Crippen LogP contribution in [0.3, 0.4) is 0 Å². The molecule has 7 nitrogen and oxygen atoms in total. The van der Waals surface area contributed by atoms with Crippen LogP contribution in [0.1, 0.15) is 5.69 Å². The van der Waals surface area contributed by atoms with E-state index >= 15 is 0 Å². The molecule has 4 aromatic rings. The van der Waals surface area contributed by atoms with E-state index in [-0.39, 0.29) is 0 Å². The molecule has 26 heavy (non-hydrogen) atoms. The Morgan fingerprint density at radius 3 is 2.73 bits per heavy atom. The fourth-order valence-electron chi connectivity index (χ4n) is 2.81. The van der Waals surface area contributed by atoms with Gasteiger partial charge >= 0.3 is 6.09 Å². The van der Waals surface area contributed by atoms with Crippen molar-refractivity contribution in [3.63, 3.8) is 0 Å². The Bertz CT molecular complexity index is 1110. The van der Waals surface area contributed by atoms with E-state index in [1.165, 1.54) is 0 Å². The third-order valence-electron chi connectivity index (χ3n) is 4.02. The zero-order chi connectivity index (χ0) is 18.3. The summed E-state index contributed by atoms with van der Waals surface area (Å²) in [5.74, 6) is 0.929. The van der Waals surface area contributed by atoms with Crippen LogP contribution in [0.15, 0.2) is 48.7 Å². The number of aromatic amines is 1. The lowest BCUT2D eigenvalue weighted by molar-refractivity contribution is 0.211. The summed E-state index contributed by atoms with van der Waals surface area (Å²) in [6, 6.07) is 12.7. The number of amides is 1. The minimum Gasteiger partial charge on any atom is -0.408 e. The number of hydrogen-bond acceptors (Lipinski definition) is 4. The van der Waals surface area contributed by atoms with Gasteiger partial charge in [-0.25, -0.2) is 14.5 Å². The summed E-state index contributed by atoms with van der Waals surface area (Å²) in [6.07, 6.45) is 0.852. The number of nitrogens with one attached hydrogen (secondary N) is 1. The van der Waals surface area contributed by atoms with Gasteiger partial charge in [0.15, 0.2) is 5.75 Å². The molecule has 0 fully saturated rings. The molecule has 0 aliphatic carbocycles. The molecule has 2 heterocycles. The number of nitrogens with two attached hydrogens (primary N) is 1. The predicted molar refractivity (Wildman–Crippen MR) is 98.6 cm³/mol. The Morgan fingerprint density at radius 2 is 2.00 bits per heavy atom. The van der Waals surface area contributed by atoms with Gasteiger partial charge in [-0.05, 0) is 43.3 Å². The monoisotopic (exact) mass is 367 g/mol. The highest BCUT2D eigenvalue weighted by atomic mass is 35.5. The number of ether oxygens (including phenoxy) is 1. The van der Waals surface area contributed by atoms with Gasteiger partial charge in [0.1, 0.15) is 11.3 Å². The zero-order valence-corrected chi connectivity index (χ0v) is 14.5. The molecule has 0 saturated carbocycles. The largest absolute Gasteiger partial charge is 0.410 e. The van der Waals surface area contributed by atoms with Crippen LogP contribution in [0.2, 0.25) is 5.02 Å². The maximum atomic E-state index is 11.1. The second-order valence-corrected chi connectivity index (χ2v) is 6.13. The molecule has 0 radical (unpaired) electrons. The van der Waals surface area contributed by atoms with Gasteiger partial charge in [0.25, 0.3) is 0 Å². The van der Waals surface area contributed by atoms with Gasteiger partial charge in [-0.15, -0.1) is 0 Å². The van der Waals surface area contributed by atoms with Crippen molar-refractivity contribution in [3.05, 3.63) is 59.4 Å². The molecule has 0 aliphatic heterocycles. The van der Waals surface area contributed by atoms with Gasteiger partial charge in [0.05, 0.1) is 28.7 Å². The minimum atomic E-state index is -0.881. The first-order valence-electron chi connectivity index (χ1n) is 7.80. The van der Waals surface area contributed by atoms with Gasteiger partial charge in [-0.1, -0.05) is 17.7 Å². The van der Waals surface area contributed by atoms with E-state index in [4.69, 9.17) is 22.1 Å². The topological polar surface area (TPSA) is 98.8 Å². The van der Waals surface area contributed by atoms with E-state index in [9.17, 15) is 4.79 Å². The number of aromatic nitrogens is 4. The van der Waals surface area contributed by atoms with Crippen molar-refractivity contribution in [2.75, 3.05) is 0 Å². The van der Waals surface area contributed by atoms with E-state index in [0.717, 1.165) is 22.5 Å². The fourth-order valence-corrected chi connectivity index (χ4v) is 2.93. The van der Waals surface area contributed by atoms with Crippen LogP contribution in [-0.4, -0.2) is 25.8 Å². The number of benzene rings is 2. The highest BCUT2D eigenvalue weighted by molar-refractivity contribution is 6.30. The number of hydrogen-bond donors (Lipinski definition) is 2. The van der Waals surface area contributed by atoms with E-state index in [1.54, 1.807) is 23.0 Å². The summed E-state index contributed by atoms with van der Waals surface area (Å²) in [6.45, 7) is 1.95. The van der Waals surface area contributed by atoms with Crippen LogP contribution < -0.4 is 10.5 Å². The molecule has 2 aromatic carbocycles. The summed E-state index contributed by atoms with van der Waals surface area (Å²) in [7, 11) is 0. The second-order valence-electron chi connectivity index (χ2n) is 5.69. The average molecular weight is 368 g/mol. The third kappa shape index (κ3) is 2.78. The van der Waals surface area contributed by atoms with Crippen LogP contribution in [0.5, 0.6) is 5.75 Å². The summed E-state index contributed by atoms with van der Waals surface area (Å²) >= 11 is 5.95. The number of halogens is 1. The molecule has 0 spiro atoms. The number of imidazole rings is 1. The molecule has 1 amide bonds. The highest BCUT2D eigenvalue weighted by Gasteiger charge is 2.16. The number of para-hydroxylation sites is 1. The zero-order valence-electron chi connectivity index (χ0n) is 13.7. The van der Waals surface area contributed by atoms with Crippen LogP contribution in [0.25, 0.3) is 28.1 Å². The number of H-pyrrole nitrogens is 1. The number of primary amides is 1. The summed E-state index contributed by atoms with van der Waals surface area (Å²) in [4.78, 5) is 18.8. The average Bonchev–Trinajstić information content (AvgIpc) is 3.19. The predicted octanol–water partition coefficient (Wildman–Crippen LogP) is 3.83. The van der Waals surface area contributed by atoms with Crippen molar-refractivity contribution in [3.8, 4) is 22.8 Å². The van der Waals surface area contributed by atoms with Crippen LogP contribution >= 0.6 is 11.6 Å². The first-order valence-corrected chi connectivity index (χ1v) is 8.17. The number of carbonyl (C=O) groups is 1. The number of carbonyl (C=O) groups excluding carboxylic acids is 1. The Kier molecular flexibility index (Phi) is 3.85. The summed E-state index contributed by atoms with van der Waals surface area (Å²) in [5.41, 5.74) is 9.01. The third-order valence-corrected chi connectivity index (χ3v) is 4.27. The second kappa shape index (κ2) is 6.20. The van der Waals surface area contributed by atoms with Gasteiger partial charge in [-0.2, -0.15) is 5.10 Å². The van der Waals surface area contributed by atoms with Crippen molar-refractivity contribution in [2.24, 2.45) is 5.73 Å². The maximum absolute atomic E-state index is 11.1. The lowest BCUT2D eigenvalue weighted by Crippen LogP contribution is -2.16. The molecule has 3 N–H and O–H groups in total. The highest BCUT2D eigenvalue weighted by Crippen LogP contribution is 2.29. The van der Waals surface area contributed by atoms with Crippen LogP contribution in [0.4, 0.5) is 4.79 Å². The number of nitrogens with zero attached hydrogens (tertiary/aromatic N) is 3. The Balaban J connectivity index is 1.79. The first kappa shape index (κ1) is 16.2. The number of rotatable bonds is 3. The van der Waals surface area contributed by atoms with E-state index in [1.807, 2.05) is 37.3 Å². The molecule has 0 saturated heterocycles. The maximum Gasteiger partial charge on any atom is 0.410 e. The van der Waals surface area contributed by atoms with Crippen LogP contribution in [0, 0.1) is 6.92 Å². The molecule has 8 heteroatoms. The molecule has 4 rings (SSSR count). The standard InChI is InChI=1S/C18H14ClN5O2/c1-10-13(9-21-24(10)12-7-5-11(19)6-8-12)17-22-14-3-2-4-15(16(14)23-17)26-18(20)25/h2-9H,1H3,(H2,20,25)(H,22,23). The molecule has 130 valence electrons. The normalized spacial score (nSPS) is 11.0. The minimum absolute atomic E-state index is 0.306. The molecule has 0 aliphatic rings. The molecular weight excluding hydrogens is 354 g/mol. The Morgan fingerprint density at radius 1 is 1.23 bits per heavy atom. The molecule has 0 bridgehead atoms. The lowest BCUT2D eigenvalue weighted by Gasteiger charge is -2.04. The fraction of sp³-hybridized carbons (Fsp3) is 0.0556. The van der Waals surface area contributed by atoms with Gasteiger partial charge in [0, 0.05) is 5.02 Å². The van der Waals surface area contributed by atoms with Crippen molar-refractivity contribution in [2.45, 2.75) is 6.92 Å². The smallest absolute Gasteiger partial charge is 0.408 e. The molecular formula is C18H14ClN5O2. The van der Waals surface area contributed by atoms with Crippen molar-refractivity contribution < 1.29 is 9.53 Å². The van der Waals surface area contributed by atoms with E-state index in [0.29, 0.717) is 22.1 Å². The number of fused-ring (bicyclic) bond motifs is 1. The van der Waals surface area contributed by atoms with Crippen molar-refractivity contribution in [1.29, 1.82) is 0 Å². The van der Waals surface area contributed by atoms with Crippen molar-refractivity contribution in [1.82, 2.24) is 19.7 Å². The van der Waals surface area contributed by atoms with Gasteiger partial charge < -0.3 is 15.5 Å². The Hall–Kier alpha value is -3.32. The molecule has 0 unspecified atom stereocenters. The van der Waals surface area contributed by atoms with E-state index < -0.39 is 6.09 Å². The quantitative estimate of drug-likeness (QED) is 0.574. The Labute approximate surface area is 153 Å². The summed E-state index contributed by atoms with van der Waals surface area (Å²) in [5, 5.41) is 5.11. The molecule has 2 aromatic heterocycles.